The molecule has 0 aliphatic heterocycles. The fourth-order valence-electron chi connectivity index (χ4n) is 2.53. The van der Waals surface area contributed by atoms with Crippen molar-refractivity contribution in [2.24, 2.45) is 11.1 Å². The maximum Gasteiger partial charge on any atom is 0.195 e. The molecule has 0 saturated heterocycles. The highest BCUT2D eigenvalue weighted by atomic mass is 32.2. The predicted molar refractivity (Wildman–Crippen MR) is 73.6 cm³/mol. The average Bonchev–Trinajstić information content (AvgIpc) is 2.87. The summed E-state index contributed by atoms with van der Waals surface area (Å²) in [5, 5.41) is 9.82. The van der Waals surface area contributed by atoms with Crippen LogP contribution in [-0.4, -0.2) is 25.9 Å². The standard InChI is InChI=1S/C13H18N4S/c1-13(2)7-6-9(11(13)14)18-12-16-15-10-5-3-4-8-17(10)12/h3-5,8-9,11H,6-7,14H2,1-2H3. The van der Waals surface area contributed by atoms with Crippen LogP contribution >= 0.6 is 11.8 Å². The van der Waals surface area contributed by atoms with Crippen LogP contribution in [0.2, 0.25) is 0 Å². The monoisotopic (exact) mass is 262 g/mol. The summed E-state index contributed by atoms with van der Waals surface area (Å²) >= 11 is 1.76. The van der Waals surface area contributed by atoms with Gasteiger partial charge in [-0.05, 0) is 30.4 Å². The second kappa shape index (κ2) is 4.24. The Balaban J connectivity index is 1.85. The zero-order chi connectivity index (χ0) is 12.8. The topological polar surface area (TPSA) is 56.2 Å². The number of fused-ring (bicyclic) bond motifs is 1. The first-order valence-electron chi connectivity index (χ1n) is 6.30. The van der Waals surface area contributed by atoms with E-state index in [1.807, 2.05) is 28.8 Å². The summed E-state index contributed by atoms with van der Waals surface area (Å²) < 4.78 is 2.03. The minimum atomic E-state index is 0.221. The van der Waals surface area contributed by atoms with Crippen molar-refractivity contribution in [2.75, 3.05) is 0 Å². The highest BCUT2D eigenvalue weighted by molar-refractivity contribution is 7.99. The van der Waals surface area contributed by atoms with Crippen molar-refractivity contribution >= 4 is 17.4 Å². The van der Waals surface area contributed by atoms with E-state index in [2.05, 4.69) is 24.0 Å². The molecular weight excluding hydrogens is 244 g/mol. The summed E-state index contributed by atoms with van der Waals surface area (Å²) in [5.41, 5.74) is 7.47. The van der Waals surface area contributed by atoms with Crippen LogP contribution in [0.4, 0.5) is 0 Å². The highest BCUT2D eigenvalue weighted by Gasteiger charge is 2.40. The van der Waals surface area contributed by atoms with E-state index in [0.717, 1.165) is 17.2 Å². The Morgan fingerprint density at radius 1 is 1.39 bits per heavy atom. The number of pyridine rings is 1. The largest absolute Gasteiger partial charge is 0.326 e. The molecule has 4 nitrogen and oxygen atoms in total. The van der Waals surface area contributed by atoms with Gasteiger partial charge in [-0.15, -0.1) is 10.2 Å². The molecule has 1 aliphatic rings. The number of rotatable bonds is 2. The lowest BCUT2D eigenvalue weighted by Crippen LogP contribution is -2.38. The fourth-order valence-corrected chi connectivity index (χ4v) is 3.91. The Kier molecular flexibility index (Phi) is 2.83. The van der Waals surface area contributed by atoms with Crippen LogP contribution in [0.25, 0.3) is 5.65 Å². The van der Waals surface area contributed by atoms with Gasteiger partial charge in [0, 0.05) is 17.5 Å². The van der Waals surface area contributed by atoms with E-state index in [1.165, 1.54) is 6.42 Å². The Bertz CT molecular complexity index is 563. The minimum Gasteiger partial charge on any atom is -0.326 e. The zero-order valence-corrected chi connectivity index (χ0v) is 11.5. The smallest absolute Gasteiger partial charge is 0.195 e. The van der Waals surface area contributed by atoms with Gasteiger partial charge >= 0.3 is 0 Å². The minimum absolute atomic E-state index is 0.221. The molecular formula is C13H18N4S. The van der Waals surface area contributed by atoms with Crippen molar-refractivity contribution < 1.29 is 0 Å². The third-order valence-electron chi connectivity index (χ3n) is 3.92. The molecule has 2 atom stereocenters. The van der Waals surface area contributed by atoms with Gasteiger partial charge in [-0.25, -0.2) is 0 Å². The van der Waals surface area contributed by atoms with Gasteiger partial charge in [-0.3, -0.25) is 4.40 Å². The van der Waals surface area contributed by atoms with Gasteiger partial charge in [-0.1, -0.05) is 31.7 Å². The normalized spacial score (nSPS) is 26.8. The lowest BCUT2D eigenvalue weighted by molar-refractivity contribution is 0.334. The molecule has 1 fully saturated rings. The lowest BCUT2D eigenvalue weighted by Gasteiger charge is -2.26. The summed E-state index contributed by atoms with van der Waals surface area (Å²) in [6.07, 6.45) is 4.34. The van der Waals surface area contributed by atoms with Gasteiger partial charge in [0.15, 0.2) is 10.8 Å². The average molecular weight is 262 g/mol. The summed E-state index contributed by atoms with van der Waals surface area (Å²) in [5.74, 6) is 0. The number of hydrogen-bond acceptors (Lipinski definition) is 4. The molecule has 1 saturated carbocycles. The van der Waals surface area contributed by atoms with E-state index >= 15 is 0 Å². The molecule has 3 rings (SSSR count). The van der Waals surface area contributed by atoms with E-state index < -0.39 is 0 Å². The van der Waals surface area contributed by atoms with Gasteiger partial charge in [0.1, 0.15) is 0 Å². The molecule has 2 heterocycles. The fraction of sp³-hybridized carbons (Fsp3) is 0.538. The van der Waals surface area contributed by atoms with Gasteiger partial charge < -0.3 is 5.73 Å². The van der Waals surface area contributed by atoms with Crippen molar-refractivity contribution in [3.05, 3.63) is 24.4 Å². The maximum atomic E-state index is 6.34. The highest BCUT2D eigenvalue weighted by Crippen LogP contribution is 2.43. The third-order valence-corrected chi connectivity index (χ3v) is 5.24. The van der Waals surface area contributed by atoms with Crippen LogP contribution in [0, 0.1) is 5.41 Å². The van der Waals surface area contributed by atoms with Crippen molar-refractivity contribution in [1.29, 1.82) is 0 Å². The van der Waals surface area contributed by atoms with E-state index in [4.69, 9.17) is 5.73 Å². The molecule has 5 heteroatoms. The van der Waals surface area contributed by atoms with Crippen LogP contribution in [0.3, 0.4) is 0 Å². The molecule has 2 aromatic rings. The first-order valence-corrected chi connectivity index (χ1v) is 7.18. The molecule has 0 aromatic carbocycles. The molecule has 0 radical (unpaired) electrons. The van der Waals surface area contributed by atoms with Crippen molar-refractivity contribution in [2.45, 2.75) is 43.1 Å². The van der Waals surface area contributed by atoms with Crippen LogP contribution in [-0.2, 0) is 0 Å². The van der Waals surface area contributed by atoms with Gasteiger partial charge in [0.25, 0.3) is 0 Å². The Morgan fingerprint density at radius 3 is 2.94 bits per heavy atom. The predicted octanol–water partition coefficient (Wildman–Crippen LogP) is 2.34. The molecule has 2 aromatic heterocycles. The summed E-state index contributed by atoms with van der Waals surface area (Å²) in [6.45, 7) is 4.50. The number of aromatic nitrogens is 3. The molecule has 2 unspecified atom stereocenters. The summed E-state index contributed by atoms with van der Waals surface area (Å²) in [4.78, 5) is 0. The van der Waals surface area contributed by atoms with Crippen molar-refractivity contribution in [1.82, 2.24) is 14.6 Å². The molecule has 2 N–H and O–H groups in total. The summed E-state index contributed by atoms with van der Waals surface area (Å²) in [6, 6.07) is 6.16. The van der Waals surface area contributed by atoms with E-state index in [9.17, 15) is 0 Å². The first kappa shape index (κ1) is 12.0. The molecule has 0 spiro atoms. The quantitative estimate of drug-likeness (QED) is 0.902. The van der Waals surface area contributed by atoms with Gasteiger partial charge in [0.05, 0.1) is 0 Å². The van der Waals surface area contributed by atoms with E-state index in [-0.39, 0.29) is 11.5 Å². The van der Waals surface area contributed by atoms with Crippen LogP contribution in [0.5, 0.6) is 0 Å². The molecule has 0 amide bonds. The SMILES string of the molecule is CC1(C)CCC(Sc2nnc3ccccn23)C1N. The second-order valence-electron chi connectivity index (χ2n) is 5.62. The van der Waals surface area contributed by atoms with E-state index in [0.29, 0.717) is 5.25 Å². The Labute approximate surface area is 111 Å². The Morgan fingerprint density at radius 2 is 2.22 bits per heavy atom. The first-order chi connectivity index (χ1) is 8.58. The maximum absolute atomic E-state index is 6.34. The van der Waals surface area contributed by atoms with Crippen molar-refractivity contribution in [3.63, 3.8) is 0 Å². The van der Waals surface area contributed by atoms with Crippen molar-refractivity contribution in [3.8, 4) is 0 Å². The number of thioether (sulfide) groups is 1. The van der Waals surface area contributed by atoms with Crippen LogP contribution in [0.15, 0.2) is 29.6 Å². The van der Waals surface area contributed by atoms with Gasteiger partial charge in [-0.2, -0.15) is 0 Å². The van der Waals surface area contributed by atoms with Crippen LogP contribution < -0.4 is 5.73 Å². The van der Waals surface area contributed by atoms with E-state index in [1.54, 1.807) is 11.8 Å². The molecule has 1 aliphatic carbocycles. The number of hydrogen-bond donors (Lipinski definition) is 1. The lowest BCUT2D eigenvalue weighted by atomic mass is 9.88. The number of nitrogens with zero attached hydrogens (tertiary/aromatic N) is 3. The number of nitrogens with two attached hydrogens (primary N) is 1. The molecule has 0 bridgehead atoms. The molecule has 18 heavy (non-hydrogen) atoms. The molecule has 96 valence electrons. The second-order valence-corrected chi connectivity index (χ2v) is 6.83. The summed E-state index contributed by atoms with van der Waals surface area (Å²) in [7, 11) is 0. The van der Waals surface area contributed by atoms with Gasteiger partial charge in [0.2, 0.25) is 0 Å². The Hall–Kier alpha value is -1.07. The third kappa shape index (κ3) is 1.91. The van der Waals surface area contributed by atoms with Crippen LogP contribution in [0.1, 0.15) is 26.7 Å². The zero-order valence-electron chi connectivity index (χ0n) is 10.7.